The van der Waals surface area contributed by atoms with E-state index in [2.05, 4.69) is 39.8 Å². The summed E-state index contributed by atoms with van der Waals surface area (Å²) >= 11 is 0. The minimum absolute atomic E-state index is 0.0110. The van der Waals surface area contributed by atoms with E-state index in [1.54, 1.807) is 0 Å². The van der Waals surface area contributed by atoms with E-state index in [-0.39, 0.29) is 12.0 Å². The highest BCUT2D eigenvalue weighted by Crippen LogP contribution is 2.38. The van der Waals surface area contributed by atoms with Crippen LogP contribution in [0.15, 0.2) is 48.5 Å². The van der Waals surface area contributed by atoms with Gasteiger partial charge in [-0.1, -0.05) is 30.3 Å². The largest absolute Gasteiger partial charge is 0.484 e. The predicted octanol–water partition coefficient (Wildman–Crippen LogP) is 2.60. The van der Waals surface area contributed by atoms with E-state index in [4.69, 9.17) is 4.74 Å². The summed E-state index contributed by atoms with van der Waals surface area (Å²) in [5.74, 6) is 0.713. The summed E-state index contributed by atoms with van der Waals surface area (Å²) in [5.41, 5.74) is 3.42. The zero-order valence-electron chi connectivity index (χ0n) is 15.1. The van der Waals surface area contributed by atoms with Crippen molar-refractivity contribution in [2.75, 3.05) is 31.5 Å². The highest BCUT2D eigenvalue weighted by molar-refractivity contribution is 5.88. The molecule has 4 rings (SSSR count). The van der Waals surface area contributed by atoms with Gasteiger partial charge >= 0.3 is 0 Å². The van der Waals surface area contributed by atoms with Crippen molar-refractivity contribution in [3.63, 3.8) is 0 Å². The van der Waals surface area contributed by atoms with Crippen molar-refractivity contribution < 1.29 is 9.53 Å². The second-order valence-electron chi connectivity index (χ2n) is 7.00. The maximum Gasteiger partial charge on any atom is 0.221 e. The molecule has 5 nitrogen and oxygen atoms in total. The minimum Gasteiger partial charge on any atom is -0.484 e. The van der Waals surface area contributed by atoms with Crippen molar-refractivity contribution in [2.45, 2.75) is 25.5 Å². The number of fused-ring (bicyclic) bond motifs is 1. The maximum atomic E-state index is 11.3. The number of rotatable bonds is 4. The molecule has 0 radical (unpaired) electrons. The van der Waals surface area contributed by atoms with Gasteiger partial charge in [0.1, 0.15) is 11.9 Å². The topological polar surface area (TPSA) is 53.6 Å². The van der Waals surface area contributed by atoms with Gasteiger partial charge in [0, 0.05) is 44.9 Å². The first kappa shape index (κ1) is 17.1. The molecule has 1 aliphatic heterocycles. The van der Waals surface area contributed by atoms with Crippen molar-refractivity contribution in [2.24, 2.45) is 0 Å². The van der Waals surface area contributed by atoms with Crippen molar-refractivity contribution in [3.8, 4) is 5.75 Å². The Morgan fingerprint density at radius 3 is 2.77 bits per heavy atom. The third-order valence-electron chi connectivity index (χ3n) is 5.18. The van der Waals surface area contributed by atoms with E-state index in [1.165, 1.54) is 18.1 Å². The summed E-state index contributed by atoms with van der Waals surface area (Å²) in [7, 11) is 0. The fourth-order valence-electron chi connectivity index (χ4n) is 4.01. The molecule has 0 aromatic heterocycles. The Kier molecular flexibility index (Phi) is 4.91. The normalized spacial score (nSPS) is 22.7. The Balaban J connectivity index is 1.60. The molecule has 1 saturated heterocycles. The van der Waals surface area contributed by atoms with Crippen LogP contribution in [-0.2, 0) is 11.2 Å². The van der Waals surface area contributed by atoms with Gasteiger partial charge in [0.2, 0.25) is 5.91 Å². The molecule has 26 heavy (non-hydrogen) atoms. The van der Waals surface area contributed by atoms with Gasteiger partial charge in [0.15, 0.2) is 0 Å². The lowest BCUT2D eigenvalue weighted by molar-refractivity contribution is -0.114. The van der Waals surface area contributed by atoms with Gasteiger partial charge < -0.3 is 15.4 Å². The van der Waals surface area contributed by atoms with E-state index < -0.39 is 0 Å². The van der Waals surface area contributed by atoms with Crippen LogP contribution < -0.4 is 15.4 Å². The average molecular weight is 351 g/mol. The molecule has 2 N–H and O–H groups in total. The quantitative estimate of drug-likeness (QED) is 0.889. The molecule has 0 bridgehead atoms. The van der Waals surface area contributed by atoms with Crippen LogP contribution in [-0.4, -0.2) is 43.0 Å². The number of nitrogens with one attached hydrogen (secondary N) is 2. The summed E-state index contributed by atoms with van der Waals surface area (Å²) in [6, 6.07) is 16.6. The van der Waals surface area contributed by atoms with E-state index in [9.17, 15) is 4.79 Å². The molecule has 0 unspecified atom stereocenters. The molecular formula is C21H25N3O2. The number of anilines is 1. The second kappa shape index (κ2) is 7.48. The molecule has 136 valence electrons. The molecule has 1 amide bonds. The van der Waals surface area contributed by atoms with Crippen molar-refractivity contribution >= 4 is 11.6 Å². The summed E-state index contributed by atoms with van der Waals surface area (Å²) in [6.07, 6.45) is 1.03. The second-order valence-corrected chi connectivity index (χ2v) is 7.00. The Bertz CT molecular complexity index is 786. The molecule has 2 aromatic carbocycles. The van der Waals surface area contributed by atoms with Crippen molar-refractivity contribution in [1.82, 2.24) is 10.2 Å². The molecule has 1 heterocycles. The molecule has 1 fully saturated rings. The lowest BCUT2D eigenvalue weighted by Gasteiger charge is -2.36. The van der Waals surface area contributed by atoms with Crippen molar-refractivity contribution in [1.29, 1.82) is 0 Å². The Hall–Kier alpha value is -2.37. The molecular weight excluding hydrogens is 326 g/mol. The van der Waals surface area contributed by atoms with E-state index in [1.807, 2.05) is 24.3 Å². The van der Waals surface area contributed by atoms with Gasteiger partial charge in [0.05, 0.1) is 6.04 Å². The van der Waals surface area contributed by atoms with Gasteiger partial charge in [-0.25, -0.2) is 0 Å². The molecule has 2 aromatic rings. The van der Waals surface area contributed by atoms with Crippen LogP contribution in [0.1, 0.15) is 24.2 Å². The first-order valence-corrected chi connectivity index (χ1v) is 9.27. The van der Waals surface area contributed by atoms with Crippen LogP contribution >= 0.6 is 0 Å². The molecule has 0 saturated carbocycles. The third-order valence-corrected chi connectivity index (χ3v) is 5.18. The smallest absolute Gasteiger partial charge is 0.221 e. The summed E-state index contributed by atoms with van der Waals surface area (Å²) in [4.78, 5) is 13.9. The van der Waals surface area contributed by atoms with E-state index in [0.29, 0.717) is 6.04 Å². The summed E-state index contributed by atoms with van der Waals surface area (Å²) in [6.45, 7) is 5.66. The predicted molar refractivity (Wildman–Crippen MR) is 102 cm³/mol. The Labute approximate surface area is 154 Å². The molecule has 5 heteroatoms. The molecule has 2 aliphatic rings. The van der Waals surface area contributed by atoms with Crippen LogP contribution in [0.2, 0.25) is 0 Å². The zero-order valence-corrected chi connectivity index (χ0v) is 15.1. The monoisotopic (exact) mass is 351 g/mol. The van der Waals surface area contributed by atoms with E-state index in [0.717, 1.165) is 44.0 Å². The fraction of sp³-hybridized carbons (Fsp3) is 0.381. The fourth-order valence-corrected chi connectivity index (χ4v) is 4.01. The molecule has 1 aliphatic carbocycles. The number of carbonyl (C=O) groups is 1. The van der Waals surface area contributed by atoms with Crippen LogP contribution in [0.3, 0.4) is 0 Å². The van der Waals surface area contributed by atoms with Gasteiger partial charge in [-0.3, -0.25) is 9.69 Å². The third kappa shape index (κ3) is 3.59. The van der Waals surface area contributed by atoms with Crippen LogP contribution in [0.4, 0.5) is 5.69 Å². The first-order chi connectivity index (χ1) is 12.7. The number of amides is 1. The Morgan fingerprint density at radius 1 is 1.15 bits per heavy atom. The number of hydrogen-bond donors (Lipinski definition) is 2. The van der Waals surface area contributed by atoms with Crippen LogP contribution in [0, 0.1) is 0 Å². The first-order valence-electron chi connectivity index (χ1n) is 9.27. The van der Waals surface area contributed by atoms with E-state index >= 15 is 0 Å². The highest BCUT2D eigenvalue weighted by Gasteiger charge is 2.38. The maximum absolute atomic E-state index is 11.3. The summed E-state index contributed by atoms with van der Waals surface area (Å²) in [5, 5.41) is 6.25. The number of benzene rings is 2. The number of nitrogens with zero attached hydrogens (tertiary/aromatic N) is 1. The van der Waals surface area contributed by atoms with Gasteiger partial charge in [-0.05, 0) is 29.7 Å². The van der Waals surface area contributed by atoms with Gasteiger partial charge in [-0.2, -0.15) is 0 Å². The number of piperazine rings is 1. The van der Waals surface area contributed by atoms with Gasteiger partial charge in [0.25, 0.3) is 0 Å². The zero-order chi connectivity index (χ0) is 17.9. The lowest BCUT2D eigenvalue weighted by Crippen LogP contribution is -2.50. The highest BCUT2D eigenvalue weighted by atomic mass is 16.5. The summed E-state index contributed by atoms with van der Waals surface area (Å²) < 4.78 is 6.48. The molecule has 0 spiro atoms. The lowest BCUT2D eigenvalue weighted by atomic mass is 10.1. The standard InChI is InChI=1S/C21H25N3O2/c1-15(25)23-17-6-4-7-18(14-17)26-21-19-8-3-2-5-16(19)13-20(21)24-11-9-22-10-12-24/h2-8,14,20-22H,9-13H2,1H3,(H,23,25)/t20-,21-/m0/s1. The van der Waals surface area contributed by atoms with Crippen LogP contribution in [0.5, 0.6) is 5.75 Å². The van der Waals surface area contributed by atoms with Gasteiger partial charge in [-0.15, -0.1) is 0 Å². The van der Waals surface area contributed by atoms with Crippen LogP contribution in [0.25, 0.3) is 0 Å². The average Bonchev–Trinajstić information content (AvgIpc) is 3.01. The van der Waals surface area contributed by atoms with Crippen molar-refractivity contribution in [3.05, 3.63) is 59.7 Å². The Morgan fingerprint density at radius 2 is 1.96 bits per heavy atom. The number of carbonyl (C=O) groups excluding carboxylic acids is 1. The number of ether oxygens (including phenoxy) is 1. The molecule has 2 atom stereocenters. The minimum atomic E-state index is -0.0768. The number of hydrogen-bond acceptors (Lipinski definition) is 4. The SMILES string of the molecule is CC(=O)Nc1cccc(O[C@H]2c3ccccc3C[C@@H]2N2CCNCC2)c1.